The van der Waals surface area contributed by atoms with E-state index in [-0.39, 0.29) is 13.1 Å². The van der Waals surface area contributed by atoms with Crippen molar-refractivity contribution in [2.45, 2.75) is 51.5 Å². The van der Waals surface area contributed by atoms with Crippen LogP contribution in [0.3, 0.4) is 0 Å². The number of rotatable bonds is 5. The van der Waals surface area contributed by atoms with Gasteiger partial charge in [0.05, 0.1) is 11.9 Å². The number of hydrogen-bond acceptors (Lipinski definition) is 8. The summed E-state index contributed by atoms with van der Waals surface area (Å²) in [6.07, 6.45) is -1.47. The lowest BCUT2D eigenvalue weighted by atomic mass is 10.2. The highest BCUT2D eigenvalue weighted by molar-refractivity contribution is 7.18. The summed E-state index contributed by atoms with van der Waals surface area (Å²) in [6.45, 7) is 4.67. The second kappa shape index (κ2) is 8.39. The van der Waals surface area contributed by atoms with Crippen LogP contribution in [-0.4, -0.2) is 69.4 Å². The van der Waals surface area contributed by atoms with Crippen molar-refractivity contribution in [3.8, 4) is 0 Å². The van der Waals surface area contributed by atoms with Crippen LogP contribution >= 0.6 is 11.3 Å². The van der Waals surface area contributed by atoms with Crippen molar-refractivity contribution in [3.63, 3.8) is 0 Å². The number of thiophene rings is 1. The summed E-state index contributed by atoms with van der Waals surface area (Å²) in [7, 11) is 4.16. The molecule has 0 amide bonds. The number of aromatic nitrogens is 5. The number of nitrogens with zero attached hydrogens (tertiary/aromatic N) is 8. The van der Waals surface area contributed by atoms with Crippen molar-refractivity contribution in [2.24, 2.45) is 0 Å². The van der Waals surface area contributed by atoms with Crippen molar-refractivity contribution in [2.75, 3.05) is 43.5 Å². The Labute approximate surface area is 194 Å². The van der Waals surface area contributed by atoms with E-state index in [0.29, 0.717) is 24.4 Å². The van der Waals surface area contributed by atoms with Gasteiger partial charge in [-0.15, -0.1) is 21.5 Å². The fourth-order valence-electron chi connectivity index (χ4n) is 4.59. The zero-order valence-corrected chi connectivity index (χ0v) is 19.7. The summed E-state index contributed by atoms with van der Waals surface area (Å²) >= 11 is 1.68. The van der Waals surface area contributed by atoms with Crippen LogP contribution < -0.4 is 9.80 Å². The maximum absolute atomic E-state index is 13.3. The maximum atomic E-state index is 13.3. The van der Waals surface area contributed by atoms with Gasteiger partial charge in [0, 0.05) is 37.1 Å². The monoisotopic (exact) mass is 480 g/mol. The summed E-state index contributed by atoms with van der Waals surface area (Å²) in [4.78, 5) is 18.5. The van der Waals surface area contributed by atoms with Gasteiger partial charge >= 0.3 is 6.18 Å². The minimum atomic E-state index is -4.51. The number of likely N-dealkylation sites (N-methyl/N-ethyl adjacent to an activating group) is 1. The Bertz CT molecular complexity index is 1150. The third kappa shape index (κ3) is 4.14. The van der Waals surface area contributed by atoms with Crippen LogP contribution in [0.1, 0.15) is 36.3 Å². The molecular weight excluding hydrogens is 453 g/mol. The molecule has 12 heteroatoms. The molecule has 0 radical (unpaired) electrons. The highest BCUT2D eigenvalue weighted by Crippen LogP contribution is 2.36. The molecule has 0 N–H and O–H groups in total. The van der Waals surface area contributed by atoms with E-state index in [9.17, 15) is 13.2 Å². The average molecular weight is 481 g/mol. The largest absolute Gasteiger partial charge is 0.451 e. The van der Waals surface area contributed by atoms with Crippen LogP contribution in [0.4, 0.5) is 24.9 Å². The highest BCUT2D eigenvalue weighted by Gasteiger charge is 2.40. The minimum absolute atomic E-state index is 0.163. The second-order valence-electron chi connectivity index (χ2n) is 8.89. The van der Waals surface area contributed by atoms with Crippen LogP contribution in [0, 0.1) is 0 Å². The topological polar surface area (TPSA) is 66.2 Å². The molecule has 178 valence electrons. The van der Waals surface area contributed by atoms with E-state index in [1.807, 2.05) is 4.90 Å². The van der Waals surface area contributed by atoms with Crippen molar-refractivity contribution < 1.29 is 13.2 Å². The number of aryl methyl sites for hydroxylation is 1. The van der Waals surface area contributed by atoms with E-state index in [1.165, 1.54) is 9.44 Å². The third-order valence-corrected chi connectivity index (χ3v) is 7.48. The van der Waals surface area contributed by atoms with Gasteiger partial charge in [-0.1, -0.05) is 13.3 Å². The molecule has 3 aromatic rings. The highest BCUT2D eigenvalue weighted by atomic mass is 32.1. The predicted octanol–water partition coefficient (Wildman–Crippen LogP) is 3.41. The quantitative estimate of drug-likeness (QED) is 0.555. The van der Waals surface area contributed by atoms with Crippen LogP contribution in [0.2, 0.25) is 0 Å². The molecule has 5 heterocycles. The molecule has 0 saturated carbocycles. The summed E-state index contributed by atoms with van der Waals surface area (Å²) < 4.78 is 41.0. The molecule has 8 nitrogen and oxygen atoms in total. The zero-order chi connectivity index (χ0) is 23.3. The molecule has 0 bridgehead atoms. The zero-order valence-electron chi connectivity index (χ0n) is 18.9. The van der Waals surface area contributed by atoms with Gasteiger partial charge in [0.15, 0.2) is 5.82 Å². The van der Waals surface area contributed by atoms with Gasteiger partial charge in [-0.05, 0) is 33.0 Å². The van der Waals surface area contributed by atoms with E-state index in [4.69, 9.17) is 9.97 Å². The first-order valence-corrected chi connectivity index (χ1v) is 12.0. The summed E-state index contributed by atoms with van der Waals surface area (Å²) in [5.41, 5.74) is 0. The molecule has 2 aliphatic rings. The Balaban J connectivity index is 1.52. The standard InChI is InChI=1S/C21H27F3N8S/c1-4-5-14-10-15-17(30-8-9-32-16(12-30)27-28-19(32)21(22,23)24)25-20(26-18(15)33-14)31-7-6-13(11-31)29(2)3/h10,13H,4-9,11-12H2,1-3H3. The Hall–Kier alpha value is -2.47. The molecule has 1 unspecified atom stereocenters. The lowest BCUT2D eigenvalue weighted by Crippen LogP contribution is -2.36. The molecule has 1 fully saturated rings. The Morgan fingerprint density at radius 2 is 1.94 bits per heavy atom. The van der Waals surface area contributed by atoms with Gasteiger partial charge in [-0.2, -0.15) is 18.2 Å². The van der Waals surface area contributed by atoms with Gasteiger partial charge in [-0.25, -0.2) is 4.98 Å². The number of alkyl halides is 3. The lowest BCUT2D eigenvalue weighted by molar-refractivity contribution is -0.147. The SMILES string of the molecule is CCCc1cc2c(N3CCn4c(nnc4C(F)(F)F)C3)nc(N3CCC(N(C)C)C3)nc2s1. The van der Waals surface area contributed by atoms with Crippen LogP contribution in [0.5, 0.6) is 0 Å². The summed E-state index contributed by atoms with van der Waals surface area (Å²) in [6, 6.07) is 2.58. The molecule has 2 aliphatic heterocycles. The van der Waals surface area contributed by atoms with Gasteiger partial charge in [0.25, 0.3) is 0 Å². The van der Waals surface area contributed by atoms with Crippen LogP contribution in [0.15, 0.2) is 6.07 Å². The van der Waals surface area contributed by atoms with Crippen molar-refractivity contribution >= 4 is 33.3 Å². The van der Waals surface area contributed by atoms with Crippen molar-refractivity contribution in [1.82, 2.24) is 29.6 Å². The van der Waals surface area contributed by atoms with Crippen LogP contribution in [-0.2, 0) is 25.7 Å². The predicted molar refractivity (Wildman–Crippen MR) is 122 cm³/mol. The molecule has 1 atom stereocenters. The molecule has 33 heavy (non-hydrogen) atoms. The van der Waals surface area contributed by atoms with Crippen LogP contribution in [0.25, 0.3) is 10.2 Å². The van der Waals surface area contributed by atoms with Gasteiger partial charge in [0.1, 0.15) is 10.6 Å². The number of anilines is 2. The second-order valence-corrected chi connectivity index (χ2v) is 10.0. The number of halogens is 3. The summed E-state index contributed by atoms with van der Waals surface area (Å²) in [5, 5.41) is 8.21. The Morgan fingerprint density at radius 1 is 1.12 bits per heavy atom. The number of hydrogen-bond donors (Lipinski definition) is 0. The third-order valence-electron chi connectivity index (χ3n) is 6.39. The van der Waals surface area contributed by atoms with Crippen molar-refractivity contribution in [3.05, 3.63) is 22.6 Å². The lowest BCUT2D eigenvalue weighted by Gasteiger charge is -2.30. The first-order chi connectivity index (χ1) is 15.7. The van der Waals surface area contributed by atoms with E-state index < -0.39 is 12.0 Å². The van der Waals surface area contributed by atoms with E-state index >= 15 is 0 Å². The molecule has 1 saturated heterocycles. The number of fused-ring (bicyclic) bond motifs is 2. The Morgan fingerprint density at radius 3 is 2.64 bits per heavy atom. The van der Waals surface area contributed by atoms with Gasteiger partial charge < -0.3 is 19.3 Å². The van der Waals surface area contributed by atoms with Crippen molar-refractivity contribution in [1.29, 1.82) is 0 Å². The van der Waals surface area contributed by atoms with Gasteiger partial charge in [-0.3, -0.25) is 0 Å². The average Bonchev–Trinajstić information content (AvgIpc) is 3.49. The van der Waals surface area contributed by atoms with E-state index in [0.717, 1.165) is 48.4 Å². The molecule has 0 aromatic carbocycles. The fourth-order valence-corrected chi connectivity index (χ4v) is 5.71. The first kappa shape index (κ1) is 22.3. The van der Waals surface area contributed by atoms with E-state index in [2.05, 4.69) is 47.1 Å². The normalized spacial score (nSPS) is 19.2. The van der Waals surface area contributed by atoms with Gasteiger partial charge in [0.2, 0.25) is 11.8 Å². The molecule has 0 aliphatic carbocycles. The molecule has 5 rings (SSSR count). The fraction of sp³-hybridized carbons (Fsp3) is 0.619. The maximum Gasteiger partial charge on any atom is 0.451 e. The molecule has 3 aromatic heterocycles. The summed E-state index contributed by atoms with van der Waals surface area (Å²) in [5.74, 6) is 0.831. The molecular formula is C21H27F3N8S. The smallest absolute Gasteiger partial charge is 0.347 e. The Kier molecular flexibility index (Phi) is 5.68. The minimum Gasteiger partial charge on any atom is -0.347 e. The molecule has 0 spiro atoms. The van der Waals surface area contributed by atoms with E-state index in [1.54, 1.807) is 11.3 Å². The first-order valence-electron chi connectivity index (χ1n) is 11.2.